The van der Waals surface area contributed by atoms with E-state index in [9.17, 15) is 13.2 Å². The van der Waals surface area contributed by atoms with Crippen molar-refractivity contribution < 1.29 is 13.2 Å². The Balaban J connectivity index is 1.58. The van der Waals surface area contributed by atoms with E-state index >= 15 is 0 Å². The Bertz CT molecular complexity index is 502. The molecule has 0 N–H and O–H groups in total. The van der Waals surface area contributed by atoms with Gasteiger partial charge in [-0.2, -0.15) is 0 Å². The number of benzene rings is 1. The monoisotopic (exact) mass is 338 g/mol. The summed E-state index contributed by atoms with van der Waals surface area (Å²) in [6.07, 6.45) is 15.0. The summed E-state index contributed by atoms with van der Waals surface area (Å²) in [5.41, 5.74) is 0.901. The van der Waals surface area contributed by atoms with Crippen molar-refractivity contribution in [1.82, 2.24) is 0 Å². The second-order valence-corrected chi connectivity index (χ2v) is 7.17. The molecule has 24 heavy (non-hydrogen) atoms. The lowest BCUT2D eigenvalue weighted by Crippen LogP contribution is -2.15. The number of allylic oxidation sites excluding steroid dienone is 1. The Kier molecular flexibility index (Phi) is 8.41. The Hall–Kier alpha value is -1.25. The van der Waals surface area contributed by atoms with Crippen LogP contribution in [0.15, 0.2) is 30.6 Å². The minimum absolute atomic E-state index is 0.640. The van der Waals surface area contributed by atoms with Gasteiger partial charge >= 0.3 is 0 Å². The van der Waals surface area contributed by atoms with Crippen molar-refractivity contribution in [3.63, 3.8) is 0 Å². The highest BCUT2D eigenvalue weighted by molar-refractivity contribution is 5.17. The minimum atomic E-state index is -0.764. The lowest BCUT2D eigenvalue weighted by atomic mass is 9.78. The standard InChI is InChI=1S/C21H29F3/c22-15-5-3-1-2-4-6-17-7-9-18(10-8-17)11-12-19-13-14-20(23)21(24)16-19/h5,13-18H,1-4,6-12H2/t17-,18-. The molecule has 0 aromatic heterocycles. The molecule has 1 saturated carbocycles. The molecule has 0 heterocycles. The van der Waals surface area contributed by atoms with E-state index in [0.717, 1.165) is 43.1 Å². The Morgan fingerprint density at radius 1 is 0.875 bits per heavy atom. The number of aryl methyl sites for hydroxylation is 1. The van der Waals surface area contributed by atoms with Crippen molar-refractivity contribution >= 4 is 0 Å². The van der Waals surface area contributed by atoms with Crippen LogP contribution in [-0.2, 0) is 6.42 Å². The molecule has 1 aromatic carbocycles. The van der Waals surface area contributed by atoms with Crippen LogP contribution in [0.3, 0.4) is 0 Å². The summed E-state index contributed by atoms with van der Waals surface area (Å²) >= 11 is 0. The fourth-order valence-electron chi connectivity index (χ4n) is 3.81. The molecule has 0 amide bonds. The highest BCUT2D eigenvalue weighted by atomic mass is 19.2. The number of hydrogen-bond donors (Lipinski definition) is 0. The molecule has 3 heteroatoms. The smallest absolute Gasteiger partial charge is 0.159 e. The maximum Gasteiger partial charge on any atom is 0.159 e. The molecule has 0 aliphatic heterocycles. The maximum atomic E-state index is 13.2. The van der Waals surface area contributed by atoms with E-state index in [-0.39, 0.29) is 0 Å². The Morgan fingerprint density at radius 2 is 1.58 bits per heavy atom. The van der Waals surface area contributed by atoms with E-state index in [1.807, 2.05) is 0 Å². The van der Waals surface area contributed by atoms with Crippen LogP contribution in [0, 0.1) is 23.5 Å². The first-order valence-electron chi connectivity index (χ1n) is 9.38. The predicted molar refractivity (Wildman–Crippen MR) is 93.5 cm³/mol. The molecule has 0 saturated heterocycles. The fraction of sp³-hybridized carbons (Fsp3) is 0.619. The third kappa shape index (κ3) is 6.70. The van der Waals surface area contributed by atoms with E-state index < -0.39 is 11.6 Å². The fourth-order valence-corrected chi connectivity index (χ4v) is 3.81. The summed E-state index contributed by atoms with van der Waals surface area (Å²) in [4.78, 5) is 0. The second kappa shape index (κ2) is 10.6. The predicted octanol–water partition coefficient (Wildman–Crippen LogP) is 7.14. The summed E-state index contributed by atoms with van der Waals surface area (Å²) < 4.78 is 38.0. The lowest BCUT2D eigenvalue weighted by Gasteiger charge is -2.28. The molecule has 0 unspecified atom stereocenters. The van der Waals surface area contributed by atoms with Crippen molar-refractivity contribution in [3.05, 3.63) is 47.8 Å². The van der Waals surface area contributed by atoms with Gasteiger partial charge in [0.05, 0.1) is 6.33 Å². The van der Waals surface area contributed by atoms with Gasteiger partial charge < -0.3 is 0 Å². The molecule has 0 atom stereocenters. The first-order chi connectivity index (χ1) is 11.7. The van der Waals surface area contributed by atoms with E-state index in [1.54, 1.807) is 12.1 Å². The van der Waals surface area contributed by atoms with E-state index in [4.69, 9.17) is 0 Å². The Morgan fingerprint density at radius 3 is 2.25 bits per heavy atom. The summed E-state index contributed by atoms with van der Waals surface area (Å²) in [7, 11) is 0. The molecule has 0 bridgehead atoms. The van der Waals surface area contributed by atoms with Crippen LogP contribution in [0.1, 0.15) is 69.8 Å². The van der Waals surface area contributed by atoms with Gasteiger partial charge in [0.1, 0.15) is 0 Å². The van der Waals surface area contributed by atoms with Crippen LogP contribution in [0.5, 0.6) is 0 Å². The molecular weight excluding hydrogens is 309 g/mol. The third-order valence-electron chi connectivity index (χ3n) is 5.36. The van der Waals surface area contributed by atoms with Crippen LogP contribution >= 0.6 is 0 Å². The quantitative estimate of drug-likeness (QED) is 0.420. The van der Waals surface area contributed by atoms with Crippen LogP contribution < -0.4 is 0 Å². The maximum absolute atomic E-state index is 13.2. The van der Waals surface area contributed by atoms with Gasteiger partial charge in [-0.25, -0.2) is 13.2 Å². The molecular formula is C21H29F3. The minimum Gasteiger partial charge on any atom is -0.216 e. The Labute approximate surface area is 144 Å². The van der Waals surface area contributed by atoms with E-state index in [1.165, 1.54) is 57.1 Å². The molecule has 1 fully saturated rings. The first kappa shape index (κ1) is 19.1. The summed E-state index contributed by atoms with van der Waals surface area (Å²) in [6, 6.07) is 4.26. The topological polar surface area (TPSA) is 0 Å². The number of halogens is 3. The molecule has 134 valence electrons. The van der Waals surface area contributed by atoms with Crippen molar-refractivity contribution in [1.29, 1.82) is 0 Å². The van der Waals surface area contributed by atoms with Gasteiger partial charge in [-0.1, -0.05) is 57.1 Å². The lowest BCUT2D eigenvalue weighted by molar-refractivity contribution is 0.249. The third-order valence-corrected chi connectivity index (χ3v) is 5.36. The van der Waals surface area contributed by atoms with Gasteiger partial charge in [-0.15, -0.1) is 0 Å². The average molecular weight is 338 g/mol. The van der Waals surface area contributed by atoms with Crippen LogP contribution in [0.25, 0.3) is 0 Å². The normalized spacial score (nSPS) is 21.5. The molecule has 0 radical (unpaired) electrons. The SMILES string of the molecule is FC=CCCCCC[C@H]1CC[C@H](CCc2ccc(F)c(F)c2)CC1. The average Bonchev–Trinajstić information content (AvgIpc) is 2.60. The van der Waals surface area contributed by atoms with Crippen LogP contribution in [-0.4, -0.2) is 0 Å². The largest absolute Gasteiger partial charge is 0.216 e. The number of hydrogen-bond acceptors (Lipinski definition) is 0. The summed E-state index contributed by atoms with van der Waals surface area (Å²) in [5.74, 6) is 0.0727. The van der Waals surface area contributed by atoms with Crippen molar-refractivity contribution in [3.8, 4) is 0 Å². The van der Waals surface area contributed by atoms with Gasteiger partial charge in [0.25, 0.3) is 0 Å². The highest BCUT2D eigenvalue weighted by Gasteiger charge is 2.20. The second-order valence-electron chi connectivity index (χ2n) is 7.17. The zero-order chi connectivity index (χ0) is 17.2. The van der Waals surface area contributed by atoms with Gasteiger partial charge in [0, 0.05) is 0 Å². The van der Waals surface area contributed by atoms with Gasteiger partial charge in [-0.3, -0.25) is 0 Å². The van der Waals surface area contributed by atoms with Crippen LogP contribution in [0.4, 0.5) is 13.2 Å². The highest BCUT2D eigenvalue weighted by Crippen LogP contribution is 2.34. The van der Waals surface area contributed by atoms with Crippen molar-refractivity contribution in [2.45, 2.75) is 70.6 Å². The van der Waals surface area contributed by atoms with Gasteiger partial charge in [0.2, 0.25) is 0 Å². The van der Waals surface area contributed by atoms with E-state index in [2.05, 4.69) is 0 Å². The molecule has 1 aromatic rings. The van der Waals surface area contributed by atoms with Gasteiger partial charge in [-0.05, 0) is 55.2 Å². The summed E-state index contributed by atoms with van der Waals surface area (Å²) in [6.45, 7) is 0. The summed E-state index contributed by atoms with van der Waals surface area (Å²) in [5, 5.41) is 0. The zero-order valence-corrected chi connectivity index (χ0v) is 14.5. The first-order valence-corrected chi connectivity index (χ1v) is 9.38. The van der Waals surface area contributed by atoms with E-state index in [0.29, 0.717) is 6.33 Å². The van der Waals surface area contributed by atoms with Crippen molar-refractivity contribution in [2.24, 2.45) is 11.8 Å². The van der Waals surface area contributed by atoms with Crippen molar-refractivity contribution in [2.75, 3.05) is 0 Å². The number of unbranched alkanes of at least 4 members (excludes halogenated alkanes) is 3. The molecule has 2 rings (SSSR count). The number of rotatable bonds is 9. The molecule has 0 nitrogen and oxygen atoms in total. The molecule has 0 spiro atoms. The molecule has 1 aliphatic rings. The zero-order valence-electron chi connectivity index (χ0n) is 14.5. The molecule has 1 aliphatic carbocycles. The van der Waals surface area contributed by atoms with Crippen LogP contribution in [0.2, 0.25) is 0 Å². The van der Waals surface area contributed by atoms with Gasteiger partial charge in [0.15, 0.2) is 11.6 Å².